The summed E-state index contributed by atoms with van der Waals surface area (Å²) in [6.45, 7) is 11.3. The van der Waals surface area contributed by atoms with Crippen molar-refractivity contribution in [2.45, 2.75) is 33.7 Å². The lowest BCUT2D eigenvalue weighted by atomic mass is 10.3. The van der Waals surface area contributed by atoms with E-state index in [1.807, 2.05) is 13.8 Å². The van der Waals surface area contributed by atoms with Gasteiger partial charge in [0.25, 0.3) is 5.91 Å². The molecule has 7 nitrogen and oxygen atoms in total. The number of rotatable bonds is 9. The van der Waals surface area contributed by atoms with Crippen molar-refractivity contribution in [2.24, 2.45) is 0 Å². The molecule has 0 N–H and O–H groups in total. The number of hydrogen-bond donors (Lipinski definition) is 0. The number of carbonyl (C=O) groups excluding carboxylic acids is 1. The van der Waals surface area contributed by atoms with Gasteiger partial charge in [0, 0.05) is 25.3 Å². The van der Waals surface area contributed by atoms with Crippen LogP contribution in [0.5, 0.6) is 5.75 Å². The molecule has 0 spiro atoms. The van der Waals surface area contributed by atoms with E-state index in [4.69, 9.17) is 21.3 Å². The number of benzene rings is 1. The molecule has 0 saturated heterocycles. The van der Waals surface area contributed by atoms with Gasteiger partial charge >= 0.3 is 0 Å². The van der Waals surface area contributed by atoms with Gasteiger partial charge in [0.05, 0.1) is 16.8 Å². The number of thiazole rings is 1. The largest absolute Gasteiger partial charge is 0.494 e. The summed E-state index contributed by atoms with van der Waals surface area (Å²) in [7, 11) is 1.60. The lowest BCUT2D eigenvalue weighted by molar-refractivity contribution is 0.0971. The van der Waals surface area contributed by atoms with Crippen LogP contribution in [0.1, 0.15) is 44.2 Å². The average molecular weight is 486 g/mol. The number of nitrogens with zero attached hydrogens (tertiary/aromatic N) is 5. The number of carbonyl (C=O) groups is 1. The van der Waals surface area contributed by atoms with Crippen LogP contribution < -0.4 is 9.64 Å². The van der Waals surface area contributed by atoms with E-state index in [2.05, 4.69) is 23.8 Å². The Morgan fingerprint density at radius 2 is 1.94 bits per heavy atom. The summed E-state index contributed by atoms with van der Waals surface area (Å²) < 4.78 is 8.00. The van der Waals surface area contributed by atoms with Crippen LogP contribution in [0, 0.1) is 0 Å². The van der Waals surface area contributed by atoms with Crippen LogP contribution in [0.15, 0.2) is 24.4 Å². The summed E-state index contributed by atoms with van der Waals surface area (Å²) >= 11 is 7.81. The number of methoxy groups -OCH3 is 1. The molecule has 3 aromatic rings. The number of aromatic nitrogens is 3. The van der Waals surface area contributed by atoms with Gasteiger partial charge in [0.2, 0.25) is 0 Å². The number of likely N-dealkylation sites (N-methyl/N-ethyl adjacent to an activating group) is 1. The molecular weight excluding hydrogens is 457 g/mol. The number of amides is 1. The van der Waals surface area contributed by atoms with Gasteiger partial charge in [-0.25, -0.2) is 4.98 Å². The first-order valence-electron chi connectivity index (χ1n) is 10.1. The molecule has 0 unspecified atom stereocenters. The first-order chi connectivity index (χ1) is 14.4. The zero-order valence-electron chi connectivity index (χ0n) is 18.5. The molecule has 2 aromatic heterocycles. The predicted molar refractivity (Wildman–Crippen MR) is 131 cm³/mol. The minimum Gasteiger partial charge on any atom is -0.494 e. The lowest BCUT2D eigenvalue weighted by Crippen LogP contribution is -2.39. The molecule has 2 heterocycles. The monoisotopic (exact) mass is 485 g/mol. The van der Waals surface area contributed by atoms with Crippen LogP contribution in [-0.4, -0.2) is 58.9 Å². The summed E-state index contributed by atoms with van der Waals surface area (Å²) in [5, 5.41) is 5.52. The number of fused-ring (bicyclic) bond motifs is 1. The molecule has 1 aromatic carbocycles. The fourth-order valence-corrected chi connectivity index (χ4v) is 4.60. The molecular formula is C21H29Cl2N5O2S. The number of hydrogen-bond acceptors (Lipinski definition) is 6. The molecule has 0 aliphatic carbocycles. The molecule has 10 heteroatoms. The maximum atomic E-state index is 13.6. The number of halogens is 2. The van der Waals surface area contributed by atoms with E-state index < -0.39 is 0 Å². The van der Waals surface area contributed by atoms with Gasteiger partial charge in [-0.15, -0.1) is 12.4 Å². The summed E-state index contributed by atoms with van der Waals surface area (Å²) in [5.74, 6) is 0.516. The highest BCUT2D eigenvalue weighted by molar-refractivity contribution is 7.23. The second-order valence-electron chi connectivity index (χ2n) is 7.16. The molecule has 31 heavy (non-hydrogen) atoms. The third-order valence-corrected chi connectivity index (χ3v) is 6.59. The molecule has 3 rings (SSSR count). The molecule has 0 fully saturated rings. The third-order valence-electron chi connectivity index (χ3n) is 5.06. The normalized spacial score (nSPS) is 11.2. The Hall–Kier alpha value is -1.87. The van der Waals surface area contributed by atoms with Crippen LogP contribution in [0.3, 0.4) is 0 Å². The zero-order valence-corrected chi connectivity index (χ0v) is 20.9. The van der Waals surface area contributed by atoms with E-state index in [9.17, 15) is 4.79 Å². The minimum atomic E-state index is -0.123. The van der Waals surface area contributed by atoms with E-state index in [1.165, 1.54) is 11.3 Å². The topological polar surface area (TPSA) is 63.5 Å². The molecule has 0 atom stereocenters. The van der Waals surface area contributed by atoms with Crippen molar-refractivity contribution < 1.29 is 9.53 Å². The molecule has 1 amide bonds. The third kappa shape index (κ3) is 5.31. The Labute approximate surface area is 198 Å². The molecule has 170 valence electrons. The average Bonchev–Trinajstić information content (AvgIpc) is 3.39. The van der Waals surface area contributed by atoms with Gasteiger partial charge in [-0.3, -0.25) is 14.4 Å². The van der Waals surface area contributed by atoms with E-state index in [0.717, 1.165) is 24.3 Å². The number of ether oxygens (including phenoxy) is 1. The molecule has 0 aliphatic heterocycles. The molecule has 0 bridgehead atoms. The highest BCUT2D eigenvalue weighted by Gasteiger charge is 2.26. The van der Waals surface area contributed by atoms with Gasteiger partial charge in [-0.1, -0.05) is 36.8 Å². The van der Waals surface area contributed by atoms with Gasteiger partial charge in [0.1, 0.15) is 17.0 Å². The van der Waals surface area contributed by atoms with Crippen molar-refractivity contribution in [1.82, 2.24) is 19.7 Å². The Morgan fingerprint density at radius 1 is 1.23 bits per heavy atom. The van der Waals surface area contributed by atoms with E-state index >= 15 is 0 Å². The summed E-state index contributed by atoms with van der Waals surface area (Å²) in [6.07, 6.45) is 1.66. The van der Waals surface area contributed by atoms with Gasteiger partial charge < -0.3 is 9.64 Å². The van der Waals surface area contributed by atoms with Crippen molar-refractivity contribution in [3.8, 4) is 5.75 Å². The van der Waals surface area contributed by atoms with Crippen LogP contribution in [0.25, 0.3) is 10.2 Å². The Morgan fingerprint density at radius 3 is 2.55 bits per heavy atom. The zero-order chi connectivity index (χ0) is 21.8. The quantitative estimate of drug-likeness (QED) is 0.419. The summed E-state index contributed by atoms with van der Waals surface area (Å²) in [4.78, 5) is 22.3. The SMILES string of the molecule is CCN(CC)CCN(C(=O)c1ccnn1C(C)C)c1nc2c(OC)ccc(Cl)c2s1.Cl. The lowest BCUT2D eigenvalue weighted by Gasteiger charge is -2.25. The van der Waals surface area contributed by atoms with Crippen LogP contribution in [-0.2, 0) is 0 Å². The van der Waals surface area contributed by atoms with E-state index in [-0.39, 0.29) is 24.4 Å². The Bertz CT molecular complexity index is 1020. The smallest absolute Gasteiger partial charge is 0.278 e. The van der Waals surface area contributed by atoms with Gasteiger partial charge in [0.15, 0.2) is 5.13 Å². The molecule has 0 saturated carbocycles. The van der Waals surface area contributed by atoms with Crippen molar-refractivity contribution in [1.29, 1.82) is 0 Å². The summed E-state index contributed by atoms with van der Waals surface area (Å²) in [5.41, 5.74) is 1.21. The fraction of sp³-hybridized carbons (Fsp3) is 0.476. The Kier molecular flexibility index (Phi) is 9.12. The standard InChI is InChI=1S/C21H28ClN5O2S.ClH/c1-6-25(7-2)12-13-26(20(28)16-10-11-23-27(16)14(3)4)21-24-18-17(29-5)9-8-15(22)19(18)30-21;/h8-11,14H,6-7,12-13H2,1-5H3;1H. The first-order valence-corrected chi connectivity index (χ1v) is 11.3. The predicted octanol–water partition coefficient (Wildman–Crippen LogP) is 5.15. The fourth-order valence-electron chi connectivity index (χ4n) is 3.32. The van der Waals surface area contributed by atoms with E-state index in [0.29, 0.717) is 33.7 Å². The second kappa shape index (κ2) is 11.1. The second-order valence-corrected chi connectivity index (χ2v) is 8.55. The van der Waals surface area contributed by atoms with Crippen molar-refractivity contribution in [3.05, 3.63) is 35.1 Å². The highest BCUT2D eigenvalue weighted by Crippen LogP contribution is 2.39. The first kappa shape index (κ1) is 25.4. The summed E-state index contributed by atoms with van der Waals surface area (Å²) in [6, 6.07) is 5.42. The minimum absolute atomic E-state index is 0. The van der Waals surface area contributed by atoms with Crippen LogP contribution in [0.4, 0.5) is 5.13 Å². The van der Waals surface area contributed by atoms with Crippen LogP contribution in [0.2, 0.25) is 5.02 Å². The highest BCUT2D eigenvalue weighted by atomic mass is 35.5. The van der Waals surface area contributed by atoms with Crippen molar-refractivity contribution in [3.63, 3.8) is 0 Å². The molecule has 0 radical (unpaired) electrons. The number of anilines is 1. The van der Waals surface area contributed by atoms with Crippen LogP contribution >= 0.6 is 35.3 Å². The van der Waals surface area contributed by atoms with Crippen molar-refractivity contribution in [2.75, 3.05) is 38.2 Å². The Balaban J connectivity index is 0.00000341. The maximum Gasteiger partial charge on any atom is 0.278 e. The van der Waals surface area contributed by atoms with Gasteiger partial charge in [-0.05, 0) is 45.1 Å². The van der Waals surface area contributed by atoms with E-state index in [1.54, 1.807) is 41.1 Å². The maximum absolute atomic E-state index is 13.6. The van der Waals surface area contributed by atoms with Crippen molar-refractivity contribution >= 4 is 56.6 Å². The van der Waals surface area contributed by atoms with Gasteiger partial charge in [-0.2, -0.15) is 5.10 Å². The molecule has 0 aliphatic rings.